The smallest absolute Gasteiger partial charge is 0.148 e. The lowest BCUT2D eigenvalue weighted by Gasteiger charge is -2.46. The van der Waals surface area contributed by atoms with E-state index in [4.69, 9.17) is 0 Å². The minimum absolute atomic E-state index is 0.350. The SMILES string of the molecule is CC(C)CC1=C(c2ccccc2)C[C@H]2CC(=O)[C@@]12c1ccccc1. The van der Waals surface area contributed by atoms with Crippen LogP contribution < -0.4 is 0 Å². The Morgan fingerprint density at radius 3 is 2.17 bits per heavy atom. The molecule has 2 atom stereocenters. The molecule has 0 heterocycles. The zero-order chi connectivity index (χ0) is 16.7. The number of Topliss-reactive ketones (excluding diaryl/α,β-unsaturated/α-hetero) is 1. The summed E-state index contributed by atoms with van der Waals surface area (Å²) in [6, 6.07) is 21.1. The Labute approximate surface area is 144 Å². The van der Waals surface area contributed by atoms with Gasteiger partial charge in [-0.2, -0.15) is 0 Å². The fourth-order valence-corrected chi connectivity index (χ4v) is 4.78. The van der Waals surface area contributed by atoms with E-state index >= 15 is 0 Å². The highest BCUT2D eigenvalue weighted by Crippen LogP contribution is 2.62. The molecule has 1 saturated carbocycles. The molecule has 2 aromatic rings. The quantitative estimate of drug-likeness (QED) is 0.736. The molecule has 0 radical (unpaired) electrons. The minimum Gasteiger partial charge on any atom is -0.298 e. The van der Waals surface area contributed by atoms with Gasteiger partial charge in [0.2, 0.25) is 0 Å². The zero-order valence-electron chi connectivity index (χ0n) is 14.5. The van der Waals surface area contributed by atoms with Crippen molar-refractivity contribution in [2.45, 2.75) is 38.5 Å². The Morgan fingerprint density at radius 2 is 1.58 bits per heavy atom. The Morgan fingerprint density at radius 1 is 0.958 bits per heavy atom. The van der Waals surface area contributed by atoms with Crippen LogP contribution in [0.3, 0.4) is 0 Å². The number of carbonyl (C=O) groups excluding carboxylic acids is 1. The maximum Gasteiger partial charge on any atom is 0.148 e. The predicted octanol–water partition coefficient (Wildman–Crippen LogP) is 5.42. The molecule has 0 aromatic heterocycles. The molecule has 1 nitrogen and oxygen atoms in total. The lowest BCUT2D eigenvalue weighted by atomic mass is 9.54. The number of benzene rings is 2. The first-order valence-corrected chi connectivity index (χ1v) is 9.00. The average Bonchev–Trinajstić information content (AvgIpc) is 2.84. The maximum atomic E-state index is 13.0. The van der Waals surface area contributed by atoms with Crippen molar-refractivity contribution >= 4 is 11.4 Å². The summed E-state index contributed by atoms with van der Waals surface area (Å²) in [5.74, 6) is 1.41. The summed E-state index contributed by atoms with van der Waals surface area (Å²) in [7, 11) is 0. The van der Waals surface area contributed by atoms with Gasteiger partial charge in [-0.3, -0.25) is 4.79 Å². The Kier molecular flexibility index (Phi) is 3.68. The van der Waals surface area contributed by atoms with Gasteiger partial charge in [-0.25, -0.2) is 0 Å². The van der Waals surface area contributed by atoms with Crippen LogP contribution in [0.1, 0.15) is 44.2 Å². The molecule has 0 unspecified atom stereocenters. The van der Waals surface area contributed by atoms with Crippen LogP contribution in [-0.2, 0) is 10.2 Å². The summed E-state index contributed by atoms with van der Waals surface area (Å²) < 4.78 is 0. The maximum absolute atomic E-state index is 13.0. The summed E-state index contributed by atoms with van der Waals surface area (Å²) in [6.45, 7) is 4.51. The molecule has 2 aliphatic carbocycles. The van der Waals surface area contributed by atoms with Crippen LogP contribution in [-0.4, -0.2) is 5.78 Å². The van der Waals surface area contributed by atoms with Gasteiger partial charge in [0.15, 0.2) is 0 Å². The van der Waals surface area contributed by atoms with Crippen molar-refractivity contribution in [1.29, 1.82) is 0 Å². The first kappa shape index (κ1) is 15.4. The van der Waals surface area contributed by atoms with Crippen molar-refractivity contribution in [3.05, 3.63) is 77.4 Å². The molecule has 0 bridgehead atoms. The van der Waals surface area contributed by atoms with Gasteiger partial charge >= 0.3 is 0 Å². The van der Waals surface area contributed by atoms with E-state index < -0.39 is 0 Å². The lowest BCUT2D eigenvalue weighted by Crippen LogP contribution is -2.52. The van der Waals surface area contributed by atoms with Crippen molar-refractivity contribution in [2.24, 2.45) is 11.8 Å². The monoisotopic (exact) mass is 316 g/mol. The average molecular weight is 316 g/mol. The molecule has 0 spiro atoms. The molecule has 0 saturated heterocycles. The van der Waals surface area contributed by atoms with Crippen LogP contribution in [0.5, 0.6) is 0 Å². The van der Waals surface area contributed by atoms with Gasteiger partial charge in [-0.15, -0.1) is 0 Å². The molecule has 1 fully saturated rings. The van der Waals surface area contributed by atoms with E-state index in [1.54, 1.807) is 0 Å². The molecule has 24 heavy (non-hydrogen) atoms. The molecule has 4 rings (SSSR count). The zero-order valence-corrected chi connectivity index (χ0v) is 14.5. The standard InChI is InChI=1S/C23H24O/c1-16(2)13-21-20(17-9-5-3-6-10-17)14-19-15-22(24)23(19,21)18-11-7-4-8-12-18/h3-12,16,19H,13-15H2,1-2H3/t19-,23+/m0/s1. The van der Waals surface area contributed by atoms with Crippen molar-refractivity contribution in [3.8, 4) is 0 Å². The first-order valence-electron chi connectivity index (χ1n) is 9.00. The molecule has 0 amide bonds. The van der Waals surface area contributed by atoms with E-state index in [1.165, 1.54) is 22.3 Å². The predicted molar refractivity (Wildman–Crippen MR) is 98.7 cm³/mol. The van der Waals surface area contributed by atoms with Crippen LogP contribution >= 0.6 is 0 Å². The second-order valence-electron chi connectivity index (χ2n) is 7.62. The number of hydrogen-bond acceptors (Lipinski definition) is 1. The summed E-state index contributed by atoms with van der Waals surface area (Å²) in [5.41, 5.74) is 4.95. The van der Waals surface area contributed by atoms with Gasteiger partial charge in [0.05, 0.1) is 5.41 Å². The largest absolute Gasteiger partial charge is 0.298 e. The Bertz CT molecular complexity index is 785. The van der Waals surface area contributed by atoms with E-state index in [-0.39, 0.29) is 5.41 Å². The second kappa shape index (κ2) is 5.73. The lowest BCUT2D eigenvalue weighted by molar-refractivity contribution is -0.134. The Balaban J connectivity index is 1.92. The molecule has 2 aromatic carbocycles. The van der Waals surface area contributed by atoms with Gasteiger partial charge in [0.25, 0.3) is 0 Å². The van der Waals surface area contributed by atoms with Crippen LogP contribution in [0.15, 0.2) is 66.2 Å². The van der Waals surface area contributed by atoms with E-state index in [0.717, 1.165) is 19.3 Å². The molecule has 2 aliphatic rings. The van der Waals surface area contributed by atoms with Crippen molar-refractivity contribution in [3.63, 3.8) is 0 Å². The van der Waals surface area contributed by atoms with Crippen molar-refractivity contribution in [2.75, 3.05) is 0 Å². The normalized spacial score (nSPS) is 25.8. The van der Waals surface area contributed by atoms with Crippen LogP contribution in [0.4, 0.5) is 0 Å². The number of carbonyl (C=O) groups is 1. The van der Waals surface area contributed by atoms with Crippen LogP contribution in [0.2, 0.25) is 0 Å². The van der Waals surface area contributed by atoms with Gasteiger partial charge in [-0.05, 0) is 47.0 Å². The highest BCUT2D eigenvalue weighted by molar-refractivity contribution is 6.04. The fraction of sp³-hybridized carbons (Fsp3) is 0.348. The highest BCUT2D eigenvalue weighted by Gasteiger charge is 2.61. The van der Waals surface area contributed by atoms with Gasteiger partial charge in [-0.1, -0.05) is 74.5 Å². The third-order valence-corrected chi connectivity index (χ3v) is 5.74. The van der Waals surface area contributed by atoms with Crippen molar-refractivity contribution in [1.82, 2.24) is 0 Å². The molecular weight excluding hydrogens is 292 g/mol. The number of rotatable bonds is 4. The van der Waals surface area contributed by atoms with E-state index in [0.29, 0.717) is 17.6 Å². The van der Waals surface area contributed by atoms with E-state index in [1.807, 2.05) is 6.07 Å². The molecular formula is C23H24O. The summed E-state index contributed by atoms with van der Waals surface area (Å²) in [5, 5.41) is 0. The van der Waals surface area contributed by atoms with Gasteiger partial charge in [0, 0.05) is 6.42 Å². The summed E-state index contributed by atoms with van der Waals surface area (Å²) >= 11 is 0. The molecule has 122 valence electrons. The summed E-state index contributed by atoms with van der Waals surface area (Å²) in [4.78, 5) is 13.0. The Hall–Kier alpha value is -2.15. The van der Waals surface area contributed by atoms with Gasteiger partial charge in [0.1, 0.15) is 5.78 Å². The van der Waals surface area contributed by atoms with Crippen LogP contribution in [0, 0.1) is 11.8 Å². The third kappa shape index (κ3) is 2.11. The minimum atomic E-state index is -0.350. The molecule has 0 aliphatic heterocycles. The molecule has 0 N–H and O–H groups in total. The summed E-state index contributed by atoms with van der Waals surface area (Å²) in [6.07, 6.45) is 2.76. The van der Waals surface area contributed by atoms with E-state index in [9.17, 15) is 4.79 Å². The number of ketones is 1. The van der Waals surface area contributed by atoms with E-state index in [2.05, 4.69) is 68.4 Å². The highest BCUT2D eigenvalue weighted by atomic mass is 16.1. The van der Waals surface area contributed by atoms with Crippen LogP contribution in [0.25, 0.3) is 5.57 Å². The molecule has 1 heteroatoms. The number of allylic oxidation sites excluding steroid dienone is 2. The topological polar surface area (TPSA) is 17.1 Å². The second-order valence-corrected chi connectivity index (χ2v) is 7.62. The van der Waals surface area contributed by atoms with Gasteiger partial charge < -0.3 is 0 Å². The van der Waals surface area contributed by atoms with Crippen molar-refractivity contribution < 1.29 is 4.79 Å². The fourth-order valence-electron chi connectivity index (χ4n) is 4.78. The first-order chi connectivity index (χ1) is 11.6. The number of hydrogen-bond donors (Lipinski definition) is 0. The third-order valence-electron chi connectivity index (χ3n) is 5.74. The number of fused-ring (bicyclic) bond motifs is 1.